The fourth-order valence-electron chi connectivity index (χ4n) is 3.97. The van der Waals surface area contributed by atoms with Gasteiger partial charge in [0.05, 0.1) is 11.8 Å². The Bertz CT molecular complexity index is 1270. The number of carbonyl (C=O) groups excluding carboxylic acids is 1. The standard InChI is InChI=1S/C14H16F3NO2.C10H8N4/c15-10-6-9(11(16)12(17)13(10)19)14(20)18-7-8-4-2-1-3-5-8;1-3-14-4-2-11-10(14)5-8(1)9-6-12-13-7-9/h6,8,19H,1-5,7H2,(H,18,20);1-7H,(H,12,13). The number of aromatic amines is 1. The summed E-state index contributed by atoms with van der Waals surface area (Å²) in [6, 6.07) is 4.58. The molecule has 1 aliphatic carbocycles. The largest absolute Gasteiger partial charge is 0.503 e. The van der Waals surface area contributed by atoms with Crippen LogP contribution in [0.2, 0.25) is 0 Å². The molecule has 0 saturated heterocycles. The van der Waals surface area contributed by atoms with Crippen molar-refractivity contribution in [2.45, 2.75) is 32.1 Å². The molecule has 1 aromatic carbocycles. The van der Waals surface area contributed by atoms with Gasteiger partial charge in [0.2, 0.25) is 5.82 Å². The molecule has 3 N–H and O–H groups in total. The summed E-state index contributed by atoms with van der Waals surface area (Å²) in [5, 5.41) is 18.1. The Morgan fingerprint density at radius 1 is 1.12 bits per heavy atom. The predicted octanol–water partition coefficient (Wildman–Crippen LogP) is 4.84. The lowest BCUT2D eigenvalue weighted by Gasteiger charge is -2.21. The molecule has 1 aliphatic rings. The highest BCUT2D eigenvalue weighted by Crippen LogP contribution is 2.26. The van der Waals surface area contributed by atoms with E-state index in [-0.39, 0.29) is 0 Å². The first-order chi connectivity index (χ1) is 16.4. The first-order valence-corrected chi connectivity index (χ1v) is 11.0. The number of amides is 1. The summed E-state index contributed by atoms with van der Waals surface area (Å²) in [6.45, 7) is 0.363. The molecular formula is C24H24F3N5O2. The third-order valence-corrected chi connectivity index (χ3v) is 5.88. The van der Waals surface area contributed by atoms with Crippen molar-refractivity contribution in [1.29, 1.82) is 0 Å². The molecule has 1 saturated carbocycles. The van der Waals surface area contributed by atoms with Crippen LogP contribution in [0.5, 0.6) is 5.75 Å². The van der Waals surface area contributed by atoms with Gasteiger partial charge in [-0.05, 0) is 42.5 Å². The van der Waals surface area contributed by atoms with E-state index in [0.29, 0.717) is 18.5 Å². The van der Waals surface area contributed by atoms with E-state index in [2.05, 4.69) is 20.5 Å². The second kappa shape index (κ2) is 10.4. The molecule has 3 aromatic heterocycles. The molecule has 5 rings (SSSR count). The molecule has 0 radical (unpaired) electrons. The van der Waals surface area contributed by atoms with Gasteiger partial charge in [-0.1, -0.05) is 19.3 Å². The van der Waals surface area contributed by atoms with Crippen LogP contribution in [0.4, 0.5) is 13.2 Å². The summed E-state index contributed by atoms with van der Waals surface area (Å²) >= 11 is 0. The number of aromatic hydroxyl groups is 1. The maximum atomic E-state index is 13.5. The van der Waals surface area contributed by atoms with Crippen molar-refractivity contribution in [2.24, 2.45) is 5.92 Å². The molecule has 10 heteroatoms. The van der Waals surface area contributed by atoms with Crippen LogP contribution >= 0.6 is 0 Å². The number of benzene rings is 1. The number of aromatic nitrogens is 4. The van der Waals surface area contributed by atoms with E-state index in [1.54, 1.807) is 12.4 Å². The summed E-state index contributed by atoms with van der Waals surface area (Å²) in [4.78, 5) is 16.0. The molecule has 1 fully saturated rings. The number of nitrogens with one attached hydrogen (secondary N) is 2. The number of carbonyl (C=O) groups is 1. The lowest BCUT2D eigenvalue weighted by molar-refractivity contribution is 0.0937. The van der Waals surface area contributed by atoms with Gasteiger partial charge in [-0.2, -0.15) is 9.49 Å². The van der Waals surface area contributed by atoms with Crippen molar-refractivity contribution >= 4 is 11.6 Å². The lowest BCUT2D eigenvalue weighted by atomic mass is 9.89. The average molecular weight is 471 g/mol. The molecule has 4 aromatic rings. The van der Waals surface area contributed by atoms with Crippen molar-refractivity contribution in [2.75, 3.05) is 6.54 Å². The minimum Gasteiger partial charge on any atom is -0.503 e. The van der Waals surface area contributed by atoms with Crippen molar-refractivity contribution in [1.82, 2.24) is 24.9 Å². The molecule has 0 atom stereocenters. The van der Waals surface area contributed by atoms with Crippen LogP contribution in [0.1, 0.15) is 42.5 Å². The Hall–Kier alpha value is -3.82. The molecule has 1 amide bonds. The molecule has 0 spiro atoms. The SMILES string of the molecule is O=C(NCC1CCCCC1)c1cc(F)c(O)c(F)c1F.c1cn2ccc(-c3cn[nH]c3)cc2n1. The molecule has 0 aliphatic heterocycles. The van der Waals surface area contributed by atoms with Crippen LogP contribution < -0.4 is 5.32 Å². The Kier molecular flexibility index (Phi) is 7.15. The molecular weight excluding hydrogens is 447 g/mol. The van der Waals surface area contributed by atoms with Crippen molar-refractivity contribution in [3.05, 3.63) is 72.2 Å². The number of phenols is 1. The minimum atomic E-state index is -1.74. The van der Waals surface area contributed by atoms with Gasteiger partial charge in [0.15, 0.2) is 17.4 Å². The Balaban J connectivity index is 0.000000170. The zero-order chi connectivity index (χ0) is 24.1. The fourth-order valence-corrected chi connectivity index (χ4v) is 3.97. The number of hydrogen-bond acceptors (Lipinski definition) is 4. The topological polar surface area (TPSA) is 95.3 Å². The predicted molar refractivity (Wildman–Crippen MR) is 120 cm³/mol. The van der Waals surface area contributed by atoms with E-state index in [1.165, 1.54) is 6.42 Å². The van der Waals surface area contributed by atoms with E-state index in [4.69, 9.17) is 5.11 Å². The summed E-state index contributed by atoms with van der Waals surface area (Å²) < 4.78 is 41.8. The Labute approximate surface area is 193 Å². The van der Waals surface area contributed by atoms with Gasteiger partial charge in [-0.15, -0.1) is 0 Å². The van der Waals surface area contributed by atoms with Gasteiger partial charge < -0.3 is 14.8 Å². The molecule has 178 valence electrons. The Morgan fingerprint density at radius 3 is 2.65 bits per heavy atom. The zero-order valence-corrected chi connectivity index (χ0v) is 18.3. The van der Waals surface area contributed by atoms with E-state index >= 15 is 0 Å². The second-order valence-electron chi connectivity index (χ2n) is 8.19. The molecule has 0 bridgehead atoms. The number of halogens is 3. The van der Waals surface area contributed by atoms with Gasteiger partial charge in [-0.25, -0.2) is 13.8 Å². The monoisotopic (exact) mass is 471 g/mol. The van der Waals surface area contributed by atoms with E-state index in [1.807, 2.05) is 35.1 Å². The maximum absolute atomic E-state index is 13.5. The fraction of sp³-hybridized carbons (Fsp3) is 0.292. The Morgan fingerprint density at radius 2 is 1.91 bits per heavy atom. The van der Waals surface area contributed by atoms with Gasteiger partial charge in [0.25, 0.3) is 5.91 Å². The van der Waals surface area contributed by atoms with Crippen LogP contribution in [-0.2, 0) is 0 Å². The van der Waals surface area contributed by atoms with Gasteiger partial charge >= 0.3 is 0 Å². The van der Waals surface area contributed by atoms with Crippen LogP contribution in [0.15, 0.2) is 49.2 Å². The van der Waals surface area contributed by atoms with Gasteiger partial charge in [0.1, 0.15) is 5.65 Å². The highest BCUT2D eigenvalue weighted by Gasteiger charge is 2.23. The number of H-pyrrole nitrogens is 1. The number of rotatable bonds is 4. The molecule has 34 heavy (non-hydrogen) atoms. The van der Waals surface area contributed by atoms with Crippen molar-refractivity contribution in [3.63, 3.8) is 0 Å². The highest BCUT2D eigenvalue weighted by molar-refractivity contribution is 5.94. The smallest absolute Gasteiger partial charge is 0.254 e. The summed E-state index contributed by atoms with van der Waals surface area (Å²) in [5.74, 6) is -6.59. The van der Waals surface area contributed by atoms with Gasteiger partial charge in [-0.3, -0.25) is 9.89 Å². The van der Waals surface area contributed by atoms with E-state index in [0.717, 1.165) is 42.5 Å². The normalized spacial score (nSPS) is 14.0. The third-order valence-electron chi connectivity index (χ3n) is 5.88. The first-order valence-electron chi connectivity index (χ1n) is 11.0. The van der Waals surface area contributed by atoms with Crippen molar-refractivity contribution in [3.8, 4) is 16.9 Å². The summed E-state index contributed by atoms with van der Waals surface area (Å²) in [7, 11) is 0. The molecule has 0 unspecified atom stereocenters. The third kappa shape index (κ3) is 5.22. The van der Waals surface area contributed by atoms with Crippen LogP contribution in [0.3, 0.4) is 0 Å². The summed E-state index contributed by atoms with van der Waals surface area (Å²) in [6.07, 6.45) is 14.7. The first kappa shape index (κ1) is 23.3. The number of imidazole rings is 1. The van der Waals surface area contributed by atoms with Crippen molar-refractivity contribution < 1.29 is 23.1 Å². The number of fused-ring (bicyclic) bond motifs is 1. The van der Waals surface area contributed by atoms with Crippen LogP contribution in [0.25, 0.3) is 16.8 Å². The van der Waals surface area contributed by atoms with E-state index in [9.17, 15) is 18.0 Å². The van der Waals surface area contributed by atoms with Gasteiger partial charge in [0, 0.05) is 36.9 Å². The summed E-state index contributed by atoms with van der Waals surface area (Å²) in [5.41, 5.74) is 2.42. The molecule has 7 nitrogen and oxygen atoms in total. The highest BCUT2D eigenvalue weighted by atomic mass is 19.2. The lowest BCUT2D eigenvalue weighted by Crippen LogP contribution is -2.31. The zero-order valence-electron chi connectivity index (χ0n) is 18.3. The number of pyridine rings is 1. The number of phenolic OH excluding ortho intramolecular Hbond substituents is 1. The average Bonchev–Trinajstić information content (AvgIpc) is 3.56. The number of nitrogens with zero attached hydrogens (tertiary/aromatic N) is 3. The van der Waals surface area contributed by atoms with Crippen LogP contribution in [0, 0.1) is 23.4 Å². The number of hydrogen-bond donors (Lipinski definition) is 3. The quantitative estimate of drug-likeness (QED) is 0.371. The maximum Gasteiger partial charge on any atom is 0.254 e. The minimum absolute atomic E-state index is 0.322. The molecule has 3 heterocycles. The van der Waals surface area contributed by atoms with E-state index < -0.39 is 34.7 Å². The second-order valence-corrected chi connectivity index (χ2v) is 8.19. The van der Waals surface area contributed by atoms with Crippen LogP contribution in [-0.4, -0.2) is 37.1 Å².